The fourth-order valence-corrected chi connectivity index (χ4v) is 2.12. The highest BCUT2D eigenvalue weighted by molar-refractivity contribution is 9.10. The number of nitrogens with zero attached hydrogens (tertiary/aromatic N) is 2. The van der Waals surface area contributed by atoms with Crippen molar-refractivity contribution in [1.82, 2.24) is 0 Å². The Balaban J connectivity index is 2.53. The second-order valence-electron chi connectivity index (χ2n) is 3.70. The predicted octanol–water partition coefficient (Wildman–Crippen LogP) is 4.67. The molecule has 100 valence electrons. The van der Waals surface area contributed by atoms with Crippen LogP contribution in [0.5, 0.6) is 11.5 Å². The van der Waals surface area contributed by atoms with Crippen LogP contribution in [0.4, 0.5) is 5.69 Å². The number of rotatable bonds is 3. The average molecular weight is 354 g/mol. The molecule has 7 heteroatoms. The number of halogens is 2. The average Bonchev–Trinajstić information content (AvgIpc) is 2.41. The van der Waals surface area contributed by atoms with Crippen LogP contribution in [-0.4, -0.2) is 4.92 Å². The first-order valence-corrected chi connectivity index (χ1v) is 6.50. The Bertz CT molecular complexity index is 728. The highest BCUT2D eigenvalue weighted by Gasteiger charge is 2.20. The molecule has 0 unspecified atom stereocenters. The van der Waals surface area contributed by atoms with Crippen LogP contribution in [0.25, 0.3) is 0 Å². The quantitative estimate of drug-likeness (QED) is 0.593. The summed E-state index contributed by atoms with van der Waals surface area (Å²) in [5.41, 5.74) is 0.0303. The third-order valence-corrected chi connectivity index (χ3v) is 3.28. The van der Waals surface area contributed by atoms with Gasteiger partial charge < -0.3 is 4.74 Å². The van der Waals surface area contributed by atoms with Crippen LogP contribution in [0.3, 0.4) is 0 Å². The van der Waals surface area contributed by atoms with Gasteiger partial charge in [-0.2, -0.15) is 5.26 Å². The van der Waals surface area contributed by atoms with Crippen LogP contribution in [0, 0.1) is 21.4 Å². The Labute approximate surface area is 127 Å². The highest BCUT2D eigenvalue weighted by atomic mass is 79.9. The molecule has 0 saturated carbocycles. The van der Waals surface area contributed by atoms with Crippen molar-refractivity contribution in [3.05, 3.63) is 61.6 Å². The predicted molar refractivity (Wildman–Crippen MR) is 77.0 cm³/mol. The smallest absolute Gasteiger partial charge is 0.312 e. The van der Waals surface area contributed by atoms with Crippen molar-refractivity contribution in [2.75, 3.05) is 0 Å². The summed E-state index contributed by atoms with van der Waals surface area (Å²) in [6.45, 7) is 0. The van der Waals surface area contributed by atoms with Gasteiger partial charge in [-0.3, -0.25) is 10.1 Å². The number of benzene rings is 2. The summed E-state index contributed by atoms with van der Waals surface area (Å²) >= 11 is 9.04. The minimum Gasteiger partial charge on any atom is -0.447 e. The Kier molecular flexibility index (Phi) is 4.23. The Morgan fingerprint density at radius 1 is 1.35 bits per heavy atom. The van der Waals surface area contributed by atoms with Crippen molar-refractivity contribution in [1.29, 1.82) is 5.26 Å². The summed E-state index contributed by atoms with van der Waals surface area (Å²) in [4.78, 5) is 10.4. The van der Waals surface area contributed by atoms with Crippen LogP contribution < -0.4 is 4.74 Å². The molecule has 0 aliphatic carbocycles. The molecule has 0 fully saturated rings. The third kappa shape index (κ3) is 2.90. The summed E-state index contributed by atoms with van der Waals surface area (Å²) in [5, 5.41) is 20.4. The summed E-state index contributed by atoms with van der Waals surface area (Å²) in [6, 6.07) is 10.9. The normalized spacial score (nSPS) is 9.85. The number of nitro groups is 1. The van der Waals surface area contributed by atoms with E-state index in [4.69, 9.17) is 21.6 Å². The van der Waals surface area contributed by atoms with Crippen molar-refractivity contribution in [2.24, 2.45) is 0 Å². The second-order valence-corrected chi connectivity index (χ2v) is 4.99. The zero-order valence-electron chi connectivity index (χ0n) is 9.84. The van der Waals surface area contributed by atoms with Crippen molar-refractivity contribution in [3.63, 3.8) is 0 Å². The molecule has 0 aliphatic rings. The molecular formula is C13H6BrClN2O3. The molecule has 5 nitrogen and oxygen atoms in total. The van der Waals surface area contributed by atoms with E-state index in [0.29, 0.717) is 9.50 Å². The van der Waals surface area contributed by atoms with Gasteiger partial charge in [0.1, 0.15) is 11.8 Å². The topological polar surface area (TPSA) is 76.2 Å². The zero-order valence-corrected chi connectivity index (χ0v) is 12.2. The van der Waals surface area contributed by atoms with Crippen LogP contribution in [-0.2, 0) is 0 Å². The van der Waals surface area contributed by atoms with Gasteiger partial charge in [0.2, 0.25) is 5.75 Å². The number of hydrogen-bond acceptors (Lipinski definition) is 4. The van der Waals surface area contributed by atoms with Gasteiger partial charge in [-0.1, -0.05) is 17.7 Å². The van der Waals surface area contributed by atoms with E-state index < -0.39 is 4.92 Å². The standard InChI is InChI=1S/C13H6BrClN2O3/c14-10-2-1-3-11(17(18)19)13(10)20-12-6-9(15)5-4-8(12)7-16/h1-6H. The van der Waals surface area contributed by atoms with E-state index >= 15 is 0 Å². The van der Waals surface area contributed by atoms with Crippen molar-refractivity contribution < 1.29 is 9.66 Å². The van der Waals surface area contributed by atoms with E-state index in [-0.39, 0.29) is 22.7 Å². The van der Waals surface area contributed by atoms with E-state index in [1.165, 1.54) is 24.3 Å². The molecule has 2 aromatic rings. The molecule has 0 aromatic heterocycles. The molecule has 0 saturated heterocycles. The lowest BCUT2D eigenvalue weighted by atomic mass is 10.2. The van der Waals surface area contributed by atoms with E-state index in [1.54, 1.807) is 12.1 Å². The van der Waals surface area contributed by atoms with Gasteiger partial charge >= 0.3 is 5.69 Å². The SMILES string of the molecule is N#Cc1ccc(Cl)cc1Oc1c(Br)cccc1[N+](=O)[O-]. The first-order chi connectivity index (χ1) is 9.52. The van der Waals surface area contributed by atoms with Gasteiger partial charge in [-0.25, -0.2) is 0 Å². The van der Waals surface area contributed by atoms with Crippen LogP contribution in [0.2, 0.25) is 5.02 Å². The summed E-state index contributed by atoms with van der Waals surface area (Å²) < 4.78 is 5.92. The van der Waals surface area contributed by atoms with Gasteiger partial charge in [0.25, 0.3) is 0 Å². The molecule has 0 bridgehead atoms. The zero-order chi connectivity index (χ0) is 14.7. The maximum atomic E-state index is 11.0. The Hall–Kier alpha value is -2.10. The molecule has 0 aliphatic heterocycles. The van der Waals surface area contributed by atoms with Crippen LogP contribution in [0.1, 0.15) is 5.56 Å². The lowest BCUT2D eigenvalue weighted by Crippen LogP contribution is -1.95. The number of nitriles is 1. The van der Waals surface area contributed by atoms with Crippen molar-refractivity contribution in [3.8, 4) is 17.6 Å². The van der Waals surface area contributed by atoms with Crippen LogP contribution in [0.15, 0.2) is 40.9 Å². The summed E-state index contributed by atoms with van der Waals surface area (Å²) in [7, 11) is 0. The third-order valence-electron chi connectivity index (χ3n) is 2.42. The molecule has 0 atom stereocenters. The number of hydrogen-bond donors (Lipinski definition) is 0. The lowest BCUT2D eigenvalue weighted by Gasteiger charge is -2.09. The Morgan fingerprint density at radius 2 is 2.10 bits per heavy atom. The van der Waals surface area contributed by atoms with Gasteiger partial charge in [0, 0.05) is 17.2 Å². The molecule has 0 heterocycles. The minimum atomic E-state index is -0.559. The fraction of sp³-hybridized carbons (Fsp3) is 0. The van der Waals surface area contributed by atoms with Gasteiger partial charge in [-0.15, -0.1) is 0 Å². The number of ether oxygens (including phenoxy) is 1. The first kappa shape index (κ1) is 14.3. The maximum absolute atomic E-state index is 11.0. The van der Waals surface area contributed by atoms with Gasteiger partial charge in [-0.05, 0) is 34.1 Å². The molecule has 0 amide bonds. The second kappa shape index (κ2) is 5.90. The molecule has 0 spiro atoms. The lowest BCUT2D eigenvalue weighted by molar-refractivity contribution is -0.385. The largest absolute Gasteiger partial charge is 0.447 e. The molecule has 0 N–H and O–H groups in total. The van der Waals surface area contributed by atoms with E-state index in [0.717, 1.165) is 0 Å². The first-order valence-electron chi connectivity index (χ1n) is 5.33. The molecule has 0 radical (unpaired) electrons. The summed E-state index contributed by atoms with van der Waals surface area (Å²) in [5.74, 6) is 0.186. The molecule has 2 aromatic carbocycles. The van der Waals surface area contributed by atoms with Gasteiger partial charge in [0.15, 0.2) is 0 Å². The highest BCUT2D eigenvalue weighted by Crippen LogP contribution is 2.39. The van der Waals surface area contributed by atoms with E-state index in [9.17, 15) is 10.1 Å². The summed E-state index contributed by atoms with van der Waals surface area (Å²) in [6.07, 6.45) is 0. The van der Waals surface area contributed by atoms with E-state index in [2.05, 4.69) is 15.9 Å². The van der Waals surface area contributed by atoms with Crippen LogP contribution >= 0.6 is 27.5 Å². The number of para-hydroxylation sites is 1. The van der Waals surface area contributed by atoms with E-state index in [1.807, 2.05) is 6.07 Å². The Morgan fingerprint density at radius 3 is 2.75 bits per heavy atom. The number of nitro benzene ring substituents is 1. The fourth-order valence-electron chi connectivity index (χ4n) is 1.53. The maximum Gasteiger partial charge on any atom is 0.312 e. The van der Waals surface area contributed by atoms with Gasteiger partial charge in [0.05, 0.1) is 15.0 Å². The monoisotopic (exact) mass is 352 g/mol. The molecule has 20 heavy (non-hydrogen) atoms. The minimum absolute atomic E-state index is 0.0243. The van der Waals surface area contributed by atoms with Crippen molar-refractivity contribution >= 4 is 33.2 Å². The molecule has 2 rings (SSSR count). The molecular weight excluding hydrogens is 348 g/mol. The van der Waals surface area contributed by atoms with Crippen molar-refractivity contribution in [2.45, 2.75) is 0 Å².